The van der Waals surface area contributed by atoms with Crippen LogP contribution in [0.2, 0.25) is 0 Å². The summed E-state index contributed by atoms with van der Waals surface area (Å²) >= 11 is 0. The molecule has 2 heterocycles. The number of aliphatic hydroxyl groups excluding tert-OH is 5. The second-order valence-electron chi connectivity index (χ2n) is 5.76. The Kier molecular flexibility index (Phi) is 6.74. The molecule has 0 spiro atoms. The Morgan fingerprint density at radius 1 is 1.22 bits per heavy atom. The zero-order valence-corrected chi connectivity index (χ0v) is 14.2. The van der Waals surface area contributed by atoms with E-state index < -0.39 is 77.8 Å². The third-order valence-electron chi connectivity index (χ3n) is 3.85. The highest BCUT2D eigenvalue weighted by atomic mass is 32.2. The molecule has 2 aliphatic heterocycles. The molecule has 2 aliphatic rings. The first-order chi connectivity index (χ1) is 12.4. The van der Waals surface area contributed by atoms with Crippen LogP contribution in [0.15, 0.2) is 11.8 Å². The van der Waals surface area contributed by atoms with Crippen molar-refractivity contribution in [2.45, 2.75) is 49.1 Å². The van der Waals surface area contributed by atoms with Gasteiger partial charge >= 0.3 is 16.3 Å². The van der Waals surface area contributed by atoms with Crippen LogP contribution in [0.5, 0.6) is 0 Å². The lowest BCUT2D eigenvalue weighted by atomic mass is 9.97. The zero-order valence-electron chi connectivity index (χ0n) is 13.4. The van der Waals surface area contributed by atoms with Crippen molar-refractivity contribution in [2.75, 3.05) is 6.61 Å². The van der Waals surface area contributed by atoms with E-state index in [9.17, 15) is 38.7 Å². The van der Waals surface area contributed by atoms with Crippen LogP contribution in [0.3, 0.4) is 0 Å². The Morgan fingerprint density at radius 3 is 2.37 bits per heavy atom. The van der Waals surface area contributed by atoms with E-state index in [4.69, 9.17) is 23.9 Å². The second-order valence-corrected chi connectivity index (χ2v) is 6.95. The molecule has 27 heavy (non-hydrogen) atoms. The van der Waals surface area contributed by atoms with Gasteiger partial charge in [-0.25, -0.2) is 4.79 Å². The van der Waals surface area contributed by atoms with E-state index in [0.717, 1.165) is 0 Å². The average Bonchev–Trinajstić information content (AvgIpc) is 2.56. The summed E-state index contributed by atoms with van der Waals surface area (Å²) in [4.78, 5) is 11.0. The maximum absolute atomic E-state index is 11.0. The summed E-state index contributed by atoms with van der Waals surface area (Å²) in [5.41, 5.74) is 0. The number of carboxylic acid groups (broad SMARTS) is 1. The largest absolute Gasteiger partial charge is 0.475 e. The highest BCUT2D eigenvalue weighted by Gasteiger charge is 2.49. The highest BCUT2D eigenvalue weighted by molar-refractivity contribution is 7.83. The van der Waals surface area contributed by atoms with Crippen LogP contribution < -0.4 is 4.72 Å². The van der Waals surface area contributed by atoms with Crippen LogP contribution in [0.25, 0.3) is 0 Å². The number of carbonyl (C=O) groups is 1. The van der Waals surface area contributed by atoms with E-state index >= 15 is 0 Å². The Labute approximate surface area is 152 Å². The molecular weight excluding hydrogens is 398 g/mol. The molecule has 8 N–H and O–H groups in total. The Morgan fingerprint density at radius 2 is 1.85 bits per heavy atom. The molecule has 0 amide bonds. The summed E-state index contributed by atoms with van der Waals surface area (Å²) < 4.78 is 47.2. The SMILES string of the molecule is O=C(O)C1=C[C@H](O)[C@@H](O)[C@H](O[C@H]2[C@H](O)[C@@H](NS(=O)(=O)O)C(O)O[C@@H]2CO)O1. The molecule has 0 aromatic carbocycles. The number of hydrogen-bond donors (Lipinski definition) is 8. The van der Waals surface area contributed by atoms with E-state index in [0.29, 0.717) is 6.08 Å². The fourth-order valence-electron chi connectivity index (χ4n) is 2.58. The normalized spacial score (nSPS) is 40.1. The first-order valence-corrected chi connectivity index (χ1v) is 8.89. The van der Waals surface area contributed by atoms with Crippen LogP contribution in [0.1, 0.15) is 0 Å². The first-order valence-electron chi connectivity index (χ1n) is 7.45. The molecule has 14 nitrogen and oxygen atoms in total. The lowest BCUT2D eigenvalue weighted by molar-refractivity contribution is -0.306. The predicted molar refractivity (Wildman–Crippen MR) is 79.9 cm³/mol. The highest BCUT2D eigenvalue weighted by Crippen LogP contribution is 2.28. The van der Waals surface area contributed by atoms with E-state index in [1.807, 2.05) is 0 Å². The van der Waals surface area contributed by atoms with Crippen molar-refractivity contribution in [1.82, 2.24) is 4.72 Å². The summed E-state index contributed by atoms with van der Waals surface area (Å²) in [6, 6.07) is -1.84. The topological polar surface area (TPSA) is 233 Å². The van der Waals surface area contributed by atoms with Gasteiger partial charge in [0.05, 0.1) is 6.61 Å². The van der Waals surface area contributed by atoms with Crippen molar-refractivity contribution in [3.05, 3.63) is 11.8 Å². The molecule has 15 heteroatoms. The number of ether oxygens (including phenoxy) is 3. The Hall–Kier alpha value is -1.40. The molecule has 1 fully saturated rings. The van der Waals surface area contributed by atoms with Gasteiger partial charge in [-0.2, -0.15) is 13.1 Å². The number of rotatable bonds is 6. The molecule has 1 saturated heterocycles. The van der Waals surface area contributed by atoms with E-state index in [1.54, 1.807) is 0 Å². The number of aliphatic hydroxyl groups is 5. The van der Waals surface area contributed by atoms with Crippen molar-refractivity contribution >= 4 is 16.3 Å². The maximum Gasteiger partial charge on any atom is 0.371 e. The minimum atomic E-state index is -4.89. The molecule has 0 aliphatic carbocycles. The fraction of sp³-hybridized carbons (Fsp3) is 0.750. The number of hydrogen-bond acceptors (Lipinski definition) is 11. The monoisotopic (exact) mass is 417 g/mol. The van der Waals surface area contributed by atoms with Crippen molar-refractivity contribution < 1.29 is 62.6 Å². The van der Waals surface area contributed by atoms with Gasteiger partial charge in [0.2, 0.25) is 12.0 Å². The Bertz CT molecular complexity index is 681. The smallest absolute Gasteiger partial charge is 0.371 e. The van der Waals surface area contributed by atoms with Gasteiger partial charge < -0.3 is 44.8 Å². The van der Waals surface area contributed by atoms with Crippen molar-refractivity contribution in [2.24, 2.45) is 0 Å². The third-order valence-corrected chi connectivity index (χ3v) is 4.42. The third kappa shape index (κ3) is 5.11. The van der Waals surface area contributed by atoms with Crippen LogP contribution in [-0.2, 0) is 29.3 Å². The average molecular weight is 417 g/mol. The van der Waals surface area contributed by atoms with E-state index in [-0.39, 0.29) is 0 Å². The molecular formula is C12H19NO13S. The van der Waals surface area contributed by atoms with Gasteiger partial charge in [-0.1, -0.05) is 0 Å². The molecule has 0 bridgehead atoms. The van der Waals surface area contributed by atoms with Gasteiger partial charge in [-0.15, -0.1) is 0 Å². The van der Waals surface area contributed by atoms with Crippen LogP contribution in [-0.4, -0.2) is 105 Å². The molecule has 8 atom stereocenters. The van der Waals surface area contributed by atoms with Crippen molar-refractivity contribution in [3.63, 3.8) is 0 Å². The van der Waals surface area contributed by atoms with Gasteiger partial charge in [0, 0.05) is 0 Å². The van der Waals surface area contributed by atoms with Crippen LogP contribution in [0.4, 0.5) is 0 Å². The number of nitrogens with one attached hydrogen (secondary N) is 1. The van der Waals surface area contributed by atoms with Gasteiger partial charge in [-0.3, -0.25) is 4.55 Å². The first kappa shape index (κ1) is 21.9. The lowest BCUT2D eigenvalue weighted by Gasteiger charge is -2.44. The molecule has 1 unspecified atom stereocenters. The summed E-state index contributed by atoms with van der Waals surface area (Å²) in [5.74, 6) is -2.35. The van der Waals surface area contributed by atoms with Crippen LogP contribution >= 0.6 is 0 Å². The molecule has 2 rings (SSSR count). The Balaban J connectivity index is 2.23. The predicted octanol–water partition coefficient (Wildman–Crippen LogP) is -4.75. The van der Waals surface area contributed by atoms with Crippen molar-refractivity contribution in [1.29, 1.82) is 0 Å². The van der Waals surface area contributed by atoms with Crippen LogP contribution in [0, 0.1) is 0 Å². The van der Waals surface area contributed by atoms with Gasteiger partial charge in [0.25, 0.3) is 0 Å². The summed E-state index contributed by atoms with van der Waals surface area (Å²) in [6.07, 6.45) is -11.7. The van der Waals surface area contributed by atoms with E-state index in [1.165, 1.54) is 4.72 Å². The number of carboxylic acids is 1. The summed E-state index contributed by atoms with van der Waals surface area (Å²) in [5, 5.41) is 57.8. The van der Waals surface area contributed by atoms with Gasteiger partial charge in [0.1, 0.15) is 36.6 Å². The molecule has 0 radical (unpaired) electrons. The molecule has 0 aromatic rings. The zero-order chi connectivity index (χ0) is 20.5. The molecule has 0 aromatic heterocycles. The van der Waals surface area contributed by atoms with Crippen molar-refractivity contribution in [3.8, 4) is 0 Å². The van der Waals surface area contributed by atoms with Gasteiger partial charge in [0.15, 0.2) is 6.29 Å². The van der Waals surface area contributed by atoms with Gasteiger partial charge in [-0.05, 0) is 6.08 Å². The second kappa shape index (κ2) is 8.31. The summed E-state index contributed by atoms with van der Waals surface area (Å²) in [7, 11) is -4.89. The minimum absolute atomic E-state index is 0.705. The quantitative estimate of drug-likeness (QED) is 0.190. The summed E-state index contributed by atoms with van der Waals surface area (Å²) in [6.45, 7) is -0.843. The lowest BCUT2D eigenvalue weighted by Crippen LogP contribution is -2.65. The molecule has 0 saturated carbocycles. The maximum atomic E-state index is 11.0. The number of aliphatic carboxylic acids is 1. The van der Waals surface area contributed by atoms with E-state index in [2.05, 4.69) is 0 Å². The molecule has 156 valence electrons. The fourth-order valence-corrected chi connectivity index (χ4v) is 3.18. The standard InChI is InChI=1S/C12H19NO13S/c14-2-5-9(8(17)6(11(20)24-5)13-27(21,22)23)26-12-7(16)3(15)1-4(25-12)10(18)19/h1,3,5-9,11-17,20H,2H2,(H,18,19)(H,21,22,23)/t3-,5+,6+,7+,8+,9+,11?,12-/m0/s1. The minimum Gasteiger partial charge on any atom is -0.475 e.